The highest BCUT2D eigenvalue weighted by Crippen LogP contribution is 2.16. The minimum absolute atomic E-state index is 0.00375. The molecule has 0 aliphatic heterocycles. The van der Waals surface area contributed by atoms with E-state index in [1.54, 1.807) is 26.8 Å². The van der Waals surface area contributed by atoms with Crippen LogP contribution in [0, 0.1) is 6.92 Å². The summed E-state index contributed by atoms with van der Waals surface area (Å²) in [6.45, 7) is 8.99. The van der Waals surface area contributed by atoms with E-state index in [2.05, 4.69) is 10.0 Å². The average molecular weight is 298 g/mol. The molecule has 0 fully saturated rings. The molecule has 112 valence electrons. The standard InChI is InChI=1S/C14H22N2O3S/c1-9(2)15-14(17)13-8-12(7-6-11(13)5)20(18,19)16-10(3)4/h6-10,16H,1-5H3,(H,15,17). The Morgan fingerprint density at radius 1 is 1.10 bits per heavy atom. The molecule has 0 aromatic heterocycles. The summed E-state index contributed by atoms with van der Waals surface area (Å²) in [5.41, 5.74) is 1.12. The lowest BCUT2D eigenvalue weighted by Crippen LogP contribution is -2.32. The normalized spacial score (nSPS) is 11.9. The van der Waals surface area contributed by atoms with Gasteiger partial charge in [0, 0.05) is 17.6 Å². The second-order valence-electron chi connectivity index (χ2n) is 5.38. The van der Waals surface area contributed by atoms with Gasteiger partial charge in [-0.2, -0.15) is 0 Å². The molecule has 20 heavy (non-hydrogen) atoms. The molecular formula is C14H22N2O3S. The topological polar surface area (TPSA) is 75.3 Å². The van der Waals surface area contributed by atoms with Crippen LogP contribution in [0.15, 0.2) is 23.1 Å². The third-order valence-electron chi connectivity index (χ3n) is 2.57. The summed E-state index contributed by atoms with van der Waals surface area (Å²) >= 11 is 0. The van der Waals surface area contributed by atoms with Gasteiger partial charge in [-0.15, -0.1) is 0 Å². The van der Waals surface area contributed by atoms with Crippen molar-refractivity contribution < 1.29 is 13.2 Å². The summed E-state index contributed by atoms with van der Waals surface area (Å²) in [6.07, 6.45) is 0. The lowest BCUT2D eigenvalue weighted by molar-refractivity contribution is 0.0942. The Morgan fingerprint density at radius 3 is 2.20 bits per heavy atom. The lowest BCUT2D eigenvalue weighted by atomic mass is 10.1. The first-order valence-electron chi connectivity index (χ1n) is 6.57. The molecule has 1 amide bonds. The van der Waals surface area contributed by atoms with Gasteiger partial charge in [-0.25, -0.2) is 13.1 Å². The maximum atomic E-state index is 12.1. The second kappa shape index (κ2) is 6.37. The molecule has 0 aliphatic carbocycles. The van der Waals surface area contributed by atoms with Gasteiger partial charge in [0.15, 0.2) is 0 Å². The van der Waals surface area contributed by atoms with Crippen molar-refractivity contribution >= 4 is 15.9 Å². The summed E-state index contributed by atoms with van der Waals surface area (Å²) in [5.74, 6) is -0.265. The van der Waals surface area contributed by atoms with E-state index >= 15 is 0 Å². The van der Waals surface area contributed by atoms with Crippen LogP contribution in [0.2, 0.25) is 0 Å². The Balaban J connectivity index is 3.18. The number of aryl methyl sites for hydroxylation is 1. The van der Waals surface area contributed by atoms with Crippen LogP contribution in [0.4, 0.5) is 0 Å². The fourth-order valence-electron chi connectivity index (χ4n) is 1.73. The smallest absolute Gasteiger partial charge is 0.251 e. The highest BCUT2D eigenvalue weighted by Gasteiger charge is 2.19. The Bertz CT molecular complexity index is 592. The van der Waals surface area contributed by atoms with Crippen LogP contribution in [0.3, 0.4) is 0 Å². The minimum Gasteiger partial charge on any atom is -0.350 e. The second-order valence-corrected chi connectivity index (χ2v) is 7.09. The van der Waals surface area contributed by atoms with E-state index in [1.165, 1.54) is 12.1 Å². The third-order valence-corrected chi connectivity index (χ3v) is 4.23. The number of carbonyl (C=O) groups excluding carboxylic acids is 1. The number of sulfonamides is 1. The fourth-order valence-corrected chi connectivity index (χ4v) is 3.01. The van der Waals surface area contributed by atoms with Crippen molar-refractivity contribution in [1.82, 2.24) is 10.0 Å². The zero-order valence-electron chi connectivity index (χ0n) is 12.5. The van der Waals surface area contributed by atoms with Gasteiger partial charge in [-0.05, 0) is 52.3 Å². The van der Waals surface area contributed by atoms with E-state index in [4.69, 9.17) is 0 Å². The molecule has 1 aromatic rings. The van der Waals surface area contributed by atoms with Crippen molar-refractivity contribution in [3.8, 4) is 0 Å². The molecule has 0 unspecified atom stereocenters. The van der Waals surface area contributed by atoms with Gasteiger partial charge in [0.1, 0.15) is 0 Å². The van der Waals surface area contributed by atoms with Gasteiger partial charge < -0.3 is 5.32 Å². The van der Waals surface area contributed by atoms with E-state index in [0.717, 1.165) is 5.56 Å². The molecule has 0 spiro atoms. The van der Waals surface area contributed by atoms with Crippen LogP contribution in [-0.2, 0) is 10.0 Å². The molecule has 0 aliphatic rings. The van der Waals surface area contributed by atoms with Crippen molar-refractivity contribution in [2.45, 2.75) is 51.6 Å². The zero-order chi connectivity index (χ0) is 15.5. The van der Waals surface area contributed by atoms with Crippen molar-refractivity contribution in [3.63, 3.8) is 0 Å². The molecule has 0 saturated carbocycles. The Kier molecular flexibility index (Phi) is 5.30. The minimum atomic E-state index is -3.59. The maximum Gasteiger partial charge on any atom is 0.251 e. The highest BCUT2D eigenvalue weighted by molar-refractivity contribution is 7.89. The predicted molar refractivity (Wildman–Crippen MR) is 79.2 cm³/mol. The maximum absolute atomic E-state index is 12.1. The van der Waals surface area contributed by atoms with Crippen LogP contribution in [0.5, 0.6) is 0 Å². The van der Waals surface area contributed by atoms with Crippen molar-refractivity contribution in [3.05, 3.63) is 29.3 Å². The summed E-state index contributed by atoms with van der Waals surface area (Å²) in [5, 5.41) is 2.77. The Hall–Kier alpha value is -1.40. The molecule has 0 bridgehead atoms. The van der Waals surface area contributed by atoms with Gasteiger partial charge in [0.2, 0.25) is 10.0 Å². The number of amides is 1. The monoisotopic (exact) mass is 298 g/mol. The molecule has 0 saturated heterocycles. The number of rotatable bonds is 5. The predicted octanol–water partition coefficient (Wildman–Crippen LogP) is 1.82. The highest BCUT2D eigenvalue weighted by atomic mass is 32.2. The fraction of sp³-hybridized carbons (Fsp3) is 0.500. The van der Waals surface area contributed by atoms with E-state index in [-0.39, 0.29) is 22.9 Å². The van der Waals surface area contributed by atoms with Gasteiger partial charge in [-0.3, -0.25) is 4.79 Å². The van der Waals surface area contributed by atoms with E-state index in [9.17, 15) is 13.2 Å². The molecule has 0 atom stereocenters. The summed E-state index contributed by atoms with van der Waals surface area (Å²) < 4.78 is 26.7. The van der Waals surface area contributed by atoms with E-state index < -0.39 is 10.0 Å². The number of hydrogen-bond acceptors (Lipinski definition) is 3. The Morgan fingerprint density at radius 2 is 1.70 bits per heavy atom. The largest absolute Gasteiger partial charge is 0.350 e. The zero-order valence-corrected chi connectivity index (χ0v) is 13.3. The summed E-state index contributed by atoms with van der Waals surface area (Å²) in [7, 11) is -3.59. The molecular weight excluding hydrogens is 276 g/mol. The molecule has 0 heterocycles. The average Bonchev–Trinajstić information content (AvgIpc) is 2.26. The van der Waals surface area contributed by atoms with Crippen LogP contribution in [0.25, 0.3) is 0 Å². The number of benzene rings is 1. The first-order valence-corrected chi connectivity index (χ1v) is 8.05. The molecule has 1 rings (SSSR count). The quantitative estimate of drug-likeness (QED) is 0.870. The molecule has 1 aromatic carbocycles. The van der Waals surface area contributed by atoms with Crippen LogP contribution in [-0.4, -0.2) is 26.4 Å². The van der Waals surface area contributed by atoms with Crippen LogP contribution >= 0.6 is 0 Å². The third kappa shape index (κ3) is 4.31. The first-order chi connectivity index (χ1) is 9.13. The molecule has 6 heteroatoms. The number of hydrogen-bond donors (Lipinski definition) is 2. The van der Waals surface area contributed by atoms with Crippen molar-refractivity contribution in [2.24, 2.45) is 0 Å². The van der Waals surface area contributed by atoms with Crippen molar-refractivity contribution in [1.29, 1.82) is 0 Å². The molecule has 2 N–H and O–H groups in total. The lowest BCUT2D eigenvalue weighted by Gasteiger charge is -2.13. The first kappa shape index (κ1) is 16.7. The van der Waals surface area contributed by atoms with Gasteiger partial charge in [0.05, 0.1) is 4.90 Å². The summed E-state index contributed by atoms with van der Waals surface area (Å²) in [4.78, 5) is 12.2. The van der Waals surface area contributed by atoms with E-state index in [0.29, 0.717) is 5.56 Å². The number of nitrogens with one attached hydrogen (secondary N) is 2. The SMILES string of the molecule is Cc1ccc(S(=O)(=O)NC(C)C)cc1C(=O)NC(C)C. The van der Waals surface area contributed by atoms with Crippen molar-refractivity contribution in [2.75, 3.05) is 0 Å². The number of carbonyl (C=O) groups is 1. The molecule has 0 radical (unpaired) electrons. The summed E-state index contributed by atoms with van der Waals surface area (Å²) in [6, 6.07) is 4.36. The van der Waals surface area contributed by atoms with E-state index in [1.807, 2.05) is 13.8 Å². The van der Waals surface area contributed by atoms with Crippen LogP contribution < -0.4 is 10.0 Å². The van der Waals surface area contributed by atoms with Gasteiger partial charge >= 0.3 is 0 Å². The molecule has 5 nitrogen and oxygen atoms in total. The van der Waals surface area contributed by atoms with Crippen LogP contribution in [0.1, 0.15) is 43.6 Å². The van der Waals surface area contributed by atoms with Gasteiger partial charge in [-0.1, -0.05) is 6.07 Å². The van der Waals surface area contributed by atoms with Gasteiger partial charge in [0.25, 0.3) is 5.91 Å². The Labute approximate surface area is 120 Å².